The van der Waals surface area contributed by atoms with Gasteiger partial charge < -0.3 is 14.6 Å². The second kappa shape index (κ2) is 4.05. The average molecular weight is 228 g/mol. The highest BCUT2D eigenvalue weighted by Crippen LogP contribution is 2.34. The zero-order valence-corrected chi connectivity index (χ0v) is 9.20. The Morgan fingerprint density at radius 1 is 1.31 bits per heavy atom. The van der Waals surface area contributed by atoms with Crippen LogP contribution in [-0.2, 0) is 23.9 Å². The Morgan fingerprint density at radius 2 is 1.88 bits per heavy atom. The Bertz CT molecular complexity index is 394. The quantitative estimate of drug-likeness (QED) is 0.499. The molecule has 0 saturated carbocycles. The Balaban J connectivity index is 3.23. The van der Waals surface area contributed by atoms with Crippen LogP contribution in [0.4, 0.5) is 0 Å². The zero-order valence-electron chi connectivity index (χ0n) is 9.20. The van der Waals surface area contributed by atoms with Gasteiger partial charge in [0.1, 0.15) is 0 Å². The number of carbonyl (C=O) groups is 3. The molecule has 0 aliphatic heterocycles. The monoisotopic (exact) mass is 228 g/mol. The van der Waals surface area contributed by atoms with Gasteiger partial charge in [0.15, 0.2) is 5.78 Å². The van der Waals surface area contributed by atoms with Crippen molar-refractivity contribution in [1.29, 1.82) is 0 Å². The van der Waals surface area contributed by atoms with Crippen LogP contribution >= 0.6 is 0 Å². The lowest BCUT2D eigenvalue weighted by molar-refractivity contribution is -0.162. The minimum atomic E-state index is -2.35. The molecule has 1 unspecified atom stereocenters. The van der Waals surface area contributed by atoms with Crippen molar-refractivity contribution in [2.24, 2.45) is 0 Å². The number of rotatable bonds is 2. The van der Waals surface area contributed by atoms with Gasteiger partial charge in [-0.25, -0.2) is 9.59 Å². The van der Waals surface area contributed by atoms with Gasteiger partial charge in [0.2, 0.25) is 5.60 Å². The van der Waals surface area contributed by atoms with Crippen molar-refractivity contribution in [3.63, 3.8) is 0 Å². The summed E-state index contributed by atoms with van der Waals surface area (Å²) in [7, 11) is 2.21. The summed E-state index contributed by atoms with van der Waals surface area (Å²) in [5.74, 6) is -2.60. The van der Waals surface area contributed by atoms with Crippen molar-refractivity contribution in [2.75, 3.05) is 14.2 Å². The highest BCUT2D eigenvalue weighted by molar-refractivity contribution is 6.17. The van der Waals surface area contributed by atoms with E-state index in [1.165, 1.54) is 6.92 Å². The summed E-state index contributed by atoms with van der Waals surface area (Å²) in [6, 6.07) is 0. The van der Waals surface area contributed by atoms with Crippen LogP contribution in [0.3, 0.4) is 0 Å². The summed E-state index contributed by atoms with van der Waals surface area (Å²) in [5, 5.41) is 9.92. The topological polar surface area (TPSA) is 89.9 Å². The third kappa shape index (κ3) is 1.51. The molecule has 1 N–H and O–H groups in total. The minimum Gasteiger partial charge on any atom is -0.466 e. The molecular formula is C10H12O6. The minimum absolute atomic E-state index is 0.000370. The first kappa shape index (κ1) is 12.4. The maximum Gasteiger partial charge on any atom is 0.350 e. The molecule has 0 saturated heterocycles. The first-order chi connectivity index (χ1) is 7.39. The molecule has 1 rings (SSSR count). The molecule has 1 aliphatic carbocycles. The van der Waals surface area contributed by atoms with Crippen molar-refractivity contribution in [2.45, 2.75) is 18.9 Å². The lowest BCUT2D eigenvalue weighted by Crippen LogP contribution is -2.45. The number of ether oxygens (including phenoxy) is 2. The highest BCUT2D eigenvalue weighted by atomic mass is 16.5. The van der Waals surface area contributed by atoms with E-state index in [4.69, 9.17) is 0 Å². The summed E-state index contributed by atoms with van der Waals surface area (Å²) >= 11 is 0. The van der Waals surface area contributed by atoms with E-state index in [0.717, 1.165) is 14.2 Å². The summed E-state index contributed by atoms with van der Waals surface area (Å²) in [6.07, 6.45) is -0.329. The normalized spacial score (nSPS) is 24.6. The third-order valence-corrected chi connectivity index (χ3v) is 2.65. The second-order valence-corrected chi connectivity index (χ2v) is 3.40. The number of methoxy groups -OCH3 is 2. The summed E-state index contributed by atoms with van der Waals surface area (Å²) in [4.78, 5) is 34.1. The molecule has 0 radical (unpaired) electrons. The largest absolute Gasteiger partial charge is 0.466 e. The standard InChI is InChI=1S/C10H12O6/c1-5-6(8(12)15-2)4-7(11)10(5,14)9(13)16-3/h14H,4H2,1-3H3. The van der Waals surface area contributed by atoms with Crippen LogP contribution in [0.2, 0.25) is 0 Å². The zero-order chi connectivity index (χ0) is 12.5. The fourth-order valence-electron chi connectivity index (χ4n) is 1.61. The molecule has 0 fully saturated rings. The summed E-state index contributed by atoms with van der Waals surface area (Å²) in [5.41, 5.74) is -2.38. The van der Waals surface area contributed by atoms with Crippen LogP contribution in [0.1, 0.15) is 13.3 Å². The molecule has 0 spiro atoms. The number of carbonyl (C=O) groups excluding carboxylic acids is 3. The van der Waals surface area contributed by atoms with E-state index in [1.807, 2.05) is 0 Å². The van der Waals surface area contributed by atoms with Gasteiger partial charge in [0, 0.05) is 12.0 Å². The number of esters is 2. The van der Waals surface area contributed by atoms with Gasteiger partial charge in [-0.15, -0.1) is 0 Å². The molecule has 1 atom stereocenters. The molecule has 0 aromatic heterocycles. The number of aliphatic hydroxyl groups is 1. The molecule has 1 aliphatic rings. The van der Waals surface area contributed by atoms with Crippen LogP contribution < -0.4 is 0 Å². The van der Waals surface area contributed by atoms with E-state index in [1.54, 1.807) is 0 Å². The molecule has 88 valence electrons. The van der Waals surface area contributed by atoms with Gasteiger partial charge >= 0.3 is 11.9 Å². The maximum absolute atomic E-state index is 11.5. The van der Waals surface area contributed by atoms with E-state index >= 15 is 0 Å². The van der Waals surface area contributed by atoms with Crippen LogP contribution in [0, 0.1) is 0 Å². The smallest absolute Gasteiger partial charge is 0.350 e. The Hall–Kier alpha value is -1.69. The van der Waals surface area contributed by atoms with E-state index in [9.17, 15) is 19.5 Å². The Morgan fingerprint density at radius 3 is 2.31 bits per heavy atom. The lowest BCUT2D eigenvalue weighted by Gasteiger charge is -2.19. The third-order valence-electron chi connectivity index (χ3n) is 2.65. The van der Waals surface area contributed by atoms with E-state index in [0.29, 0.717) is 0 Å². The van der Waals surface area contributed by atoms with Crippen molar-refractivity contribution in [3.05, 3.63) is 11.1 Å². The first-order valence-corrected chi connectivity index (χ1v) is 4.52. The first-order valence-electron chi connectivity index (χ1n) is 4.52. The Kier molecular flexibility index (Phi) is 3.14. The van der Waals surface area contributed by atoms with Gasteiger partial charge in [-0.1, -0.05) is 0 Å². The van der Waals surface area contributed by atoms with Crippen LogP contribution in [0.5, 0.6) is 0 Å². The number of Topliss-reactive ketones (excluding diaryl/α,β-unsaturated/α-hetero) is 1. The van der Waals surface area contributed by atoms with Gasteiger partial charge in [0.25, 0.3) is 0 Å². The fourth-order valence-corrected chi connectivity index (χ4v) is 1.61. The van der Waals surface area contributed by atoms with Crippen LogP contribution in [0.15, 0.2) is 11.1 Å². The number of ketones is 1. The highest BCUT2D eigenvalue weighted by Gasteiger charge is 2.53. The van der Waals surface area contributed by atoms with E-state index in [-0.39, 0.29) is 17.6 Å². The molecule has 6 nitrogen and oxygen atoms in total. The van der Waals surface area contributed by atoms with Crippen molar-refractivity contribution in [1.82, 2.24) is 0 Å². The predicted molar refractivity (Wildman–Crippen MR) is 51.3 cm³/mol. The van der Waals surface area contributed by atoms with Gasteiger partial charge in [-0.05, 0) is 12.5 Å². The van der Waals surface area contributed by atoms with Gasteiger partial charge in [0.05, 0.1) is 14.2 Å². The fraction of sp³-hybridized carbons (Fsp3) is 0.500. The molecule has 0 amide bonds. The molecule has 0 aromatic carbocycles. The van der Waals surface area contributed by atoms with E-state index in [2.05, 4.69) is 9.47 Å². The molecular weight excluding hydrogens is 216 g/mol. The molecule has 0 aromatic rings. The number of hydrogen-bond donors (Lipinski definition) is 1. The molecule has 0 bridgehead atoms. The molecule has 6 heteroatoms. The van der Waals surface area contributed by atoms with Crippen LogP contribution in [-0.4, -0.2) is 42.6 Å². The van der Waals surface area contributed by atoms with Gasteiger partial charge in [-0.2, -0.15) is 0 Å². The lowest BCUT2D eigenvalue weighted by atomic mass is 9.95. The predicted octanol–water partition coefficient (Wildman–Crippen LogP) is -0.647. The Labute approximate surface area is 91.8 Å². The second-order valence-electron chi connectivity index (χ2n) is 3.40. The van der Waals surface area contributed by atoms with Crippen molar-refractivity contribution in [3.8, 4) is 0 Å². The molecule has 0 heterocycles. The van der Waals surface area contributed by atoms with Crippen LogP contribution in [0.25, 0.3) is 0 Å². The van der Waals surface area contributed by atoms with E-state index < -0.39 is 23.3 Å². The molecule has 16 heavy (non-hydrogen) atoms. The maximum atomic E-state index is 11.5. The average Bonchev–Trinajstić information content (AvgIpc) is 2.52. The summed E-state index contributed by atoms with van der Waals surface area (Å²) in [6.45, 7) is 1.33. The van der Waals surface area contributed by atoms with Gasteiger partial charge in [-0.3, -0.25) is 4.79 Å². The summed E-state index contributed by atoms with van der Waals surface area (Å²) < 4.78 is 8.79. The number of hydrogen-bond acceptors (Lipinski definition) is 6. The SMILES string of the molecule is COC(=O)C1=C(C)C(O)(C(=O)OC)C(=O)C1. The van der Waals surface area contributed by atoms with Crippen molar-refractivity contribution < 1.29 is 29.0 Å². The van der Waals surface area contributed by atoms with Crippen molar-refractivity contribution >= 4 is 17.7 Å².